The van der Waals surface area contributed by atoms with Crippen molar-refractivity contribution in [1.82, 2.24) is 15.5 Å². The van der Waals surface area contributed by atoms with E-state index in [1.807, 2.05) is 6.07 Å². The van der Waals surface area contributed by atoms with Crippen LogP contribution in [-0.4, -0.2) is 43.0 Å². The van der Waals surface area contributed by atoms with Crippen LogP contribution in [0.25, 0.3) is 0 Å². The zero-order valence-corrected chi connectivity index (χ0v) is 14.3. The zero-order valence-electron chi connectivity index (χ0n) is 14.3. The van der Waals surface area contributed by atoms with Gasteiger partial charge in [0.1, 0.15) is 0 Å². The molecular weight excluding hydrogens is 286 g/mol. The molecule has 4 nitrogen and oxygen atoms in total. The molecule has 2 N–H and O–H groups in total. The van der Waals surface area contributed by atoms with E-state index in [1.54, 1.807) is 0 Å². The Morgan fingerprint density at radius 2 is 2.00 bits per heavy atom. The summed E-state index contributed by atoms with van der Waals surface area (Å²) in [4.78, 5) is 15.1. The first-order chi connectivity index (χ1) is 11.1. The average molecular weight is 315 g/mol. The predicted molar refractivity (Wildman–Crippen MR) is 93.0 cm³/mol. The second-order valence-corrected chi connectivity index (χ2v) is 7.35. The van der Waals surface area contributed by atoms with Crippen LogP contribution in [-0.2, 0) is 11.3 Å². The van der Waals surface area contributed by atoms with Gasteiger partial charge in [0.2, 0.25) is 5.91 Å². The number of hydrogen-bond acceptors (Lipinski definition) is 3. The van der Waals surface area contributed by atoms with Crippen molar-refractivity contribution in [2.24, 2.45) is 17.8 Å². The summed E-state index contributed by atoms with van der Waals surface area (Å²) in [7, 11) is 0. The lowest BCUT2D eigenvalue weighted by molar-refractivity contribution is -0.126. The normalized spacial score (nSPS) is 31.9. The highest BCUT2D eigenvalue weighted by Gasteiger charge is 2.36. The summed E-state index contributed by atoms with van der Waals surface area (Å²) < 4.78 is 0. The van der Waals surface area contributed by atoms with E-state index in [-0.39, 0.29) is 17.9 Å². The van der Waals surface area contributed by atoms with Crippen molar-refractivity contribution in [3.63, 3.8) is 0 Å². The Morgan fingerprint density at radius 3 is 2.74 bits per heavy atom. The zero-order chi connectivity index (χ0) is 16.2. The first-order valence-electron chi connectivity index (χ1n) is 8.91. The van der Waals surface area contributed by atoms with Gasteiger partial charge in [0.05, 0.1) is 5.92 Å². The fourth-order valence-electron chi connectivity index (χ4n) is 3.85. The van der Waals surface area contributed by atoms with Crippen LogP contribution in [0.1, 0.15) is 25.8 Å². The van der Waals surface area contributed by atoms with Gasteiger partial charge in [-0.1, -0.05) is 44.2 Å². The van der Waals surface area contributed by atoms with Gasteiger partial charge < -0.3 is 10.6 Å². The van der Waals surface area contributed by atoms with Gasteiger partial charge in [-0.25, -0.2) is 0 Å². The lowest BCUT2D eigenvalue weighted by Crippen LogP contribution is -2.52. The minimum Gasteiger partial charge on any atom is -0.352 e. The van der Waals surface area contributed by atoms with Gasteiger partial charge >= 0.3 is 0 Å². The molecule has 2 fully saturated rings. The van der Waals surface area contributed by atoms with Gasteiger partial charge in [0.15, 0.2) is 0 Å². The van der Waals surface area contributed by atoms with Crippen LogP contribution in [0.4, 0.5) is 0 Å². The summed E-state index contributed by atoms with van der Waals surface area (Å²) in [5.74, 6) is 1.35. The highest BCUT2D eigenvalue weighted by atomic mass is 16.2. The molecule has 2 saturated heterocycles. The molecule has 0 aromatic heterocycles. The van der Waals surface area contributed by atoms with Crippen molar-refractivity contribution in [3.05, 3.63) is 35.9 Å². The number of hydrogen-bond donors (Lipinski definition) is 2. The van der Waals surface area contributed by atoms with E-state index in [9.17, 15) is 4.79 Å². The minimum absolute atomic E-state index is 0.118. The molecule has 0 spiro atoms. The number of rotatable bonds is 4. The van der Waals surface area contributed by atoms with E-state index in [4.69, 9.17) is 0 Å². The largest absolute Gasteiger partial charge is 0.352 e. The topological polar surface area (TPSA) is 44.4 Å². The monoisotopic (exact) mass is 315 g/mol. The van der Waals surface area contributed by atoms with Crippen LogP contribution < -0.4 is 10.6 Å². The SMILES string of the molecule is CC1CCNCC1NC(=O)C1CN(Cc2ccccc2)CC1C. The van der Waals surface area contributed by atoms with Crippen molar-refractivity contribution >= 4 is 5.91 Å². The molecule has 2 heterocycles. The Labute approximate surface area is 139 Å². The average Bonchev–Trinajstić information content (AvgIpc) is 2.91. The van der Waals surface area contributed by atoms with Crippen LogP contribution in [0.15, 0.2) is 30.3 Å². The summed E-state index contributed by atoms with van der Waals surface area (Å²) in [5, 5.41) is 6.69. The molecule has 4 unspecified atom stereocenters. The van der Waals surface area contributed by atoms with Gasteiger partial charge in [-0.15, -0.1) is 0 Å². The molecule has 2 aliphatic rings. The molecule has 126 valence electrons. The molecule has 4 atom stereocenters. The summed E-state index contributed by atoms with van der Waals surface area (Å²) >= 11 is 0. The van der Waals surface area contributed by atoms with Gasteiger partial charge in [0, 0.05) is 32.2 Å². The maximum Gasteiger partial charge on any atom is 0.224 e. The molecular formula is C19H29N3O. The number of carbonyl (C=O) groups excluding carboxylic acids is 1. The van der Waals surface area contributed by atoms with Gasteiger partial charge in [-0.2, -0.15) is 0 Å². The van der Waals surface area contributed by atoms with Crippen molar-refractivity contribution in [2.45, 2.75) is 32.9 Å². The smallest absolute Gasteiger partial charge is 0.224 e. The van der Waals surface area contributed by atoms with Gasteiger partial charge in [0.25, 0.3) is 0 Å². The number of benzene rings is 1. The number of carbonyl (C=O) groups is 1. The molecule has 23 heavy (non-hydrogen) atoms. The second-order valence-electron chi connectivity index (χ2n) is 7.35. The van der Waals surface area contributed by atoms with Crippen LogP contribution >= 0.6 is 0 Å². The number of nitrogens with zero attached hydrogens (tertiary/aromatic N) is 1. The Morgan fingerprint density at radius 1 is 1.22 bits per heavy atom. The van der Waals surface area contributed by atoms with E-state index in [1.165, 1.54) is 5.56 Å². The molecule has 0 saturated carbocycles. The molecule has 0 radical (unpaired) electrons. The van der Waals surface area contributed by atoms with Crippen LogP contribution in [0, 0.1) is 17.8 Å². The third-order valence-electron chi connectivity index (χ3n) is 5.43. The molecule has 1 aromatic rings. The standard InChI is InChI=1S/C19H29N3O/c1-14-8-9-20-10-18(14)21-19(23)17-13-22(11-15(17)2)12-16-6-4-3-5-7-16/h3-7,14-15,17-18,20H,8-13H2,1-2H3,(H,21,23). The number of amides is 1. The summed E-state index contributed by atoms with van der Waals surface area (Å²) in [6, 6.07) is 10.8. The third-order valence-corrected chi connectivity index (χ3v) is 5.43. The number of piperidine rings is 1. The van der Waals surface area contributed by atoms with Gasteiger partial charge in [-0.05, 0) is 30.4 Å². The highest BCUT2D eigenvalue weighted by Crippen LogP contribution is 2.25. The Hall–Kier alpha value is -1.39. The van der Waals surface area contributed by atoms with E-state index in [2.05, 4.69) is 53.6 Å². The molecule has 1 aromatic carbocycles. The van der Waals surface area contributed by atoms with Crippen LogP contribution in [0.3, 0.4) is 0 Å². The molecule has 2 aliphatic heterocycles. The fraction of sp³-hybridized carbons (Fsp3) is 0.632. The molecule has 0 bridgehead atoms. The molecule has 1 amide bonds. The van der Waals surface area contributed by atoms with Crippen molar-refractivity contribution in [3.8, 4) is 0 Å². The summed E-state index contributed by atoms with van der Waals surface area (Å²) in [5.41, 5.74) is 1.32. The van der Waals surface area contributed by atoms with E-state index in [0.717, 1.165) is 39.1 Å². The van der Waals surface area contributed by atoms with Crippen molar-refractivity contribution < 1.29 is 4.79 Å². The van der Waals surface area contributed by atoms with Crippen molar-refractivity contribution in [2.75, 3.05) is 26.2 Å². The Balaban J connectivity index is 1.54. The lowest BCUT2D eigenvalue weighted by Gasteiger charge is -2.31. The maximum absolute atomic E-state index is 12.7. The Bertz CT molecular complexity index is 519. The first kappa shape index (κ1) is 16.5. The summed E-state index contributed by atoms with van der Waals surface area (Å²) in [6.07, 6.45) is 1.14. The second kappa shape index (κ2) is 7.45. The number of nitrogens with one attached hydrogen (secondary N) is 2. The van der Waals surface area contributed by atoms with Crippen molar-refractivity contribution in [1.29, 1.82) is 0 Å². The predicted octanol–water partition coefficient (Wildman–Crippen LogP) is 1.87. The molecule has 0 aliphatic carbocycles. The summed E-state index contributed by atoms with van der Waals surface area (Å²) in [6.45, 7) is 9.24. The molecule has 4 heteroatoms. The first-order valence-corrected chi connectivity index (χ1v) is 8.91. The van der Waals surface area contributed by atoms with E-state index < -0.39 is 0 Å². The fourth-order valence-corrected chi connectivity index (χ4v) is 3.85. The van der Waals surface area contributed by atoms with Crippen LogP contribution in [0.2, 0.25) is 0 Å². The van der Waals surface area contributed by atoms with Crippen LogP contribution in [0.5, 0.6) is 0 Å². The minimum atomic E-state index is 0.118. The lowest BCUT2D eigenvalue weighted by atomic mass is 9.92. The molecule has 3 rings (SSSR count). The highest BCUT2D eigenvalue weighted by molar-refractivity contribution is 5.80. The maximum atomic E-state index is 12.7. The Kier molecular flexibility index (Phi) is 5.34. The van der Waals surface area contributed by atoms with Gasteiger partial charge in [-0.3, -0.25) is 9.69 Å². The van der Waals surface area contributed by atoms with E-state index in [0.29, 0.717) is 11.8 Å². The third kappa shape index (κ3) is 4.12. The number of likely N-dealkylation sites (tertiary alicyclic amines) is 1. The quantitative estimate of drug-likeness (QED) is 0.891. The van der Waals surface area contributed by atoms with E-state index >= 15 is 0 Å².